The molecule has 0 fully saturated rings. The standard InChI is InChI=1S/C8H10NS/c1-2-8(10)7-3-5-9-6-4-7/h3-6,8,10H,1-2H2. The Morgan fingerprint density at radius 1 is 1.50 bits per heavy atom. The van der Waals surface area contributed by atoms with E-state index in [9.17, 15) is 0 Å². The van der Waals surface area contributed by atoms with E-state index >= 15 is 0 Å². The molecule has 0 spiro atoms. The van der Waals surface area contributed by atoms with Crippen molar-refractivity contribution >= 4 is 12.6 Å². The molecule has 0 aliphatic carbocycles. The van der Waals surface area contributed by atoms with E-state index in [0.717, 1.165) is 6.42 Å². The van der Waals surface area contributed by atoms with Gasteiger partial charge in [0.15, 0.2) is 0 Å². The second kappa shape index (κ2) is 3.62. The molecular weight excluding hydrogens is 142 g/mol. The predicted octanol–water partition coefficient (Wildman–Crippen LogP) is 2.28. The first kappa shape index (κ1) is 7.61. The number of hydrogen-bond donors (Lipinski definition) is 1. The lowest BCUT2D eigenvalue weighted by atomic mass is 10.1. The Labute approximate surface area is 66.9 Å². The summed E-state index contributed by atoms with van der Waals surface area (Å²) < 4.78 is 0. The molecule has 0 bridgehead atoms. The molecule has 1 radical (unpaired) electrons. The molecule has 2 heteroatoms. The van der Waals surface area contributed by atoms with E-state index in [0.29, 0.717) is 0 Å². The van der Waals surface area contributed by atoms with Crippen LogP contribution in [0.25, 0.3) is 0 Å². The largest absolute Gasteiger partial charge is 0.265 e. The van der Waals surface area contributed by atoms with E-state index in [1.807, 2.05) is 12.1 Å². The molecule has 0 N–H and O–H groups in total. The summed E-state index contributed by atoms with van der Waals surface area (Å²) in [4.78, 5) is 3.91. The van der Waals surface area contributed by atoms with Crippen molar-refractivity contribution in [1.29, 1.82) is 0 Å². The highest BCUT2D eigenvalue weighted by Crippen LogP contribution is 2.21. The van der Waals surface area contributed by atoms with Crippen LogP contribution in [0.1, 0.15) is 17.2 Å². The smallest absolute Gasteiger partial charge is 0.0270 e. The minimum atomic E-state index is 0.253. The minimum Gasteiger partial charge on any atom is -0.265 e. The van der Waals surface area contributed by atoms with Gasteiger partial charge in [0, 0.05) is 17.6 Å². The molecule has 53 valence electrons. The molecule has 0 saturated heterocycles. The molecule has 1 aromatic rings. The Hall–Kier alpha value is -0.500. The van der Waals surface area contributed by atoms with Gasteiger partial charge in [-0.25, -0.2) is 0 Å². The van der Waals surface area contributed by atoms with Gasteiger partial charge in [0.2, 0.25) is 0 Å². The molecule has 1 atom stereocenters. The van der Waals surface area contributed by atoms with Crippen LogP contribution in [-0.4, -0.2) is 4.98 Å². The van der Waals surface area contributed by atoms with E-state index in [2.05, 4.69) is 24.5 Å². The number of rotatable bonds is 2. The summed E-state index contributed by atoms with van der Waals surface area (Å²) in [5.74, 6) is 0. The SMILES string of the molecule is [CH2]CC(S)c1ccncc1. The summed E-state index contributed by atoms with van der Waals surface area (Å²) in [6.07, 6.45) is 4.36. The van der Waals surface area contributed by atoms with Crippen LogP contribution in [0.4, 0.5) is 0 Å². The Morgan fingerprint density at radius 3 is 2.60 bits per heavy atom. The first-order valence-electron chi connectivity index (χ1n) is 3.22. The molecule has 0 amide bonds. The van der Waals surface area contributed by atoms with Crippen molar-refractivity contribution in [1.82, 2.24) is 4.98 Å². The molecule has 1 nitrogen and oxygen atoms in total. The van der Waals surface area contributed by atoms with Crippen LogP contribution < -0.4 is 0 Å². The van der Waals surface area contributed by atoms with Crippen molar-refractivity contribution in [3.05, 3.63) is 37.0 Å². The average molecular weight is 152 g/mol. The van der Waals surface area contributed by atoms with Crippen molar-refractivity contribution in [2.75, 3.05) is 0 Å². The lowest BCUT2D eigenvalue weighted by Crippen LogP contribution is -1.87. The number of aromatic nitrogens is 1. The van der Waals surface area contributed by atoms with Gasteiger partial charge in [-0.1, -0.05) is 6.92 Å². The van der Waals surface area contributed by atoms with Crippen molar-refractivity contribution in [3.8, 4) is 0 Å². The zero-order valence-corrected chi connectivity index (χ0v) is 6.59. The quantitative estimate of drug-likeness (QED) is 0.641. The van der Waals surface area contributed by atoms with Crippen molar-refractivity contribution in [3.63, 3.8) is 0 Å². The Kier molecular flexibility index (Phi) is 2.75. The molecular formula is C8H10NS. The van der Waals surface area contributed by atoms with E-state index in [1.54, 1.807) is 12.4 Å². The van der Waals surface area contributed by atoms with Gasteiger partial charge >= 0.3 is 0 Å². The van der Waals surface area contributed by atoms with Crippen LogP contribution >= 0.6 is 12.6 Å². The van der Waals surface area contributed by atoms with Gasteiger partial charge in [-0.2, -0.15) is 12.6 Å². The molecule has 0 saturated carbocycles. The predicted molar refractivity (Wildman–Crippen MR) is 45.9 cm³/mol. The first-order valence-corrected chi connectivity index (χ1v) is 3.73. The summed E-state index contributed by atoms with van der Waals surface area (Å²) in [6, 6.07) is 3.92. The lowest BCUT2D eigenvalue weighted by Gasteiger charge is -2.05. The Balaban J connectivity index is 2.75. The maximum atomic E-state index is 4.33. The topological polar surface area (TPSA) is 12.9 Å². The van der Waals surface area contributed by atoms with Crippen molar-refractivity contribution in [2.45, 2.75) is 11.7 Å². The number of pyridine rings is 1. The van der Waals surface area contributed by atoms with E-state index in [4.69, 9.17) is 0 Å². The van der Waals surface area contributed by atoms with Crippen LogP contribution in [0.2, 0.25) is 0 Å². The fourth-order valence-electron chi connectivity index (χ4n) is 0.752. The zero-order valence-electron chi connectivity index (χ0n) is 5.70. The fraction of sp³-hybridized carbons (Fsp3) is 0.250. The highest BCUT2D eigenvalue weighted by atomic mass is 32.1. The van der Waals surface area contributed by atoms with Crippen molar-refractivity contribution in [2.24, 2.45) is 0 Å². The maximum Gasteiger partial charge on any atom is 0.0270 e. The van der Waals surface area contributed by atoms with Crippen LogP contribution in [0.15, 0.2) is 24.5 Å². The van der Waals surface area contributed by atoms with Crippen LogP contribution in [0.3, 0.4) is 0 Å². The second-order valence-electron chi connectivity index (χ2n) is 2.09. The summed E-state index contributed by atoms with van der Waals surface area (Å²) in [5.41, 5.74) is 1.19. The molecule has 10 heavy (non-hydrogen) atoms. The fourth-order valence-corrected chi connectivity index (χ4v) is 0.924. The third-order valence-electron chi connectivity index (χ3n) is 1.36. The number of hydrogen-bond acceptors (Lipinski definition) is 2. The van der Waals surface area contributed by atoms with Crippen LogP contribution in [-0.2, 0) is 0 Å². The summed E-state index contributed by atoms with van der Waals surface area (Å²) in [7, 11) is 0. The van der Waals surface area contributed by atoms with Crippen LogP contribution in [0.5, 0.6) is 0 Å². The third-order valence-corrected chi connectivity index (χ3v) is 1.92. The second-order valence-corrected chi connectivity index (χ2v) is 2.71. The van der Waals surface area contributed by atoms with Gasteiger partial charge in [0.1, 0.15) is 0 Å². The van der Waals surface area contributed by atoms with Crippen LogP contribution in [0, 0.1) is 6.92 Å². The number of nitrogens with zero attached hydrogens (tertiary/aromatic N) is 1. The Morgan fingerprint density at radius 2 is 2.10 bits per heavy atom. The molecule has 1 aromatic heterocycles. The normalized spacial score (nSPS) is 13.0. The van der Waals surface area contributed by atoms with Gasteiger partial charge in [0.25, 0.3) is 0 Å². The van der Waals surface area contributed by atoms with Crippen molar-refractivity contribution < 1.29 is 0 Å². The monoisotopic (exact) mass is 152 g/mol. The van der Waals surface area contributed by atoms with E-state index in [-0.39, 0.29) is 5.25 Å². The highest BCUT2D eigenvalue weighted by molar-refractivity contribution is 7.80. The first-order chi connectivity index (χ1) is 4.84. The summed E-state index contributed by atoms with van der Waals surface area (Å²) in [5, 5.41) is 0.253. The summed E-state index contributed by atoms with van der Waals surface area (Å²) >= 11 is 4.33. The van der Waals surface area contributed by atoms with Gasteiger partial charge in [0.05, 0.1) is 0 Å². The zero-order chi connectivity index (χ0) is 7.40. The average Bonchev–Trinajstić information content (AvgIpc) is 2.05. The molecule has 0 aromatic carbocycles. The van der Waals surface area contributed by atoms with E-state index in [1.165, 1.54) is 5.56 Å². The molecule has 0 aliphatic rings. The van der Waals surface area contributed by atoms with Gasteiger partial charge in [-0.3, -0.25) is 4.98 Å². The van der Waals surface area contributed by atoms with Gasteiger partial charge in [-0.05, 0) is 24.1 Å². The summed E-state index contributed by atoms with van der Waals surface area (Å²) in [6.45, 7) is 3.77. The molecule has 1 heterocycles. The number of thiol groups is 1. The molecule has 0 aliphatic heterocycles. The maximum absolute atomic E-state index is 4.33. The van der Waals surface area contributed by atoms with Gasteiger partial charge in [-0.15, -0.1) is 0 Å². The van der Waals surface area contributed by atoms with Gasteiger partial charge < -0.3 is 0 Å². The lowest BCUT2D eigenvalue weighted by molar-refractivity contribution is 0.970. The van der Waals surface area contributed by atoms with E-state index < -0.39 is 0 Å². The molecule has 1 unspecified atom stereocenters. The molecule has 1 rings (SSSR count). The minimum absolute atomic E-state index is 0.253. The highest BCUT2D eigenvalue weighted by Gasteiger charge is 2.00. The third kappa shape index (κ3) is 1.74. The Bertz CT molecular complexity index is 186.